The van der Waals surface area contributed by atoms with Crippen molar-refractivity contribution in [2.75, 3.05) is 19.0 Å². The molecule has 0 saturated heterocycles. The van der Waals surface area contributed by atoms with Crippen molar-refractivity contribution in [1.82, 2.24) is 19.1 Å². The number of benzene rings is 2. The molecule has 0 unspecified atom stereocenters. The second-order valence-corrected chi connectivity index (χ2v) is 9.40. The Kier molecular flexibility index (Phi) is 6.55. The van der Waals surface area contributed by atoms with Crippen LogP contribution in [0.5, 0.6) is 5.75 Å². The number of hydrogen-bond acceptors (Lipinski definition) is 5. The Balaban J connectivity index is 1.46. The number of aromatic nitrogens is 3. The van der Waals surface area contributed by atoms with Gasteiger partial charge in [-0.1, -0.05) is 29.8 Å². The molecule has 3 heterocycles. The van der Waals surface area contributed by atoms with Gasteiger partial charge in [0, 0.05) is 49.0 Å². The van der Waals surface area contributed by atoms with Crippen molar-refractivity contribution in [3.8, 4) is 5.75 Å². The van der Waals surface area contributed by atoms with Crippen molar-refractivity contribution in [3.05, 3.63) is 92.0 Å². The van der Waals surface area contributed by atoms with Gasteiger partial charge in [-0.2, -0.15) is 9.61 Å². The summed E-state index contributed by atoms with van der Waals surface area (Å²) in [5.74, 6) is 0.489. The largest absolute Gasteiger partial charge is 0.497 e. The van der Waals surface area contributed by atoms with Crippen LogP contribution in [0.15, 0.2) is 53.5 Å². The number of fused-ring (bicyclic) bond motifs is 2. The number of halogens is 1. The first-order valence-corrected chi connectivity index (χ1v) is 12.3. The molecule has 36 heavy (non-hydrogen) atoms. The van der Waals surface area contributed by atoms with Crippen LogP contribution in [0.1, 0.15) is 39.7 Å². The lowest BCUT2D eigenvalue weighted by molar-refractivity contribution is 0.102. The van der Waals surface area contributed by atoms with E-state index in [-0.39, 0.29) is 11.5 Å². The molecular formula is C27H28ClN5O3. The van der Waals surface area contributed by atoms with Crippen LogP contribution in [0.3, 0.4) is 0 Å². The molecule has 0 atom stereocenters. The van der Waals surface area contributed by atoms with Crippen LogP contribution in [0.25, 0.3) is 5.65 Å². The summed E-state index contributed by atoms with van der Waals surface area (Å²) in [4.78, 5) is 28.9. The van der Waals surface area contributed by atoms with Crippen LogP contribution >= 0.6 is 11.6 Å². The smallest absolute Gasteiger partial charge is 0.279 e. The highest BCUT2D eigenvalue weighted by Gasteiger charge is 2.27. The lowest BCUT2D eigenvalue weighted by atomic mass is 10.0. The second-order valence-electron chi connectivity index (χ2n) is 9.00. The topological polar surface area (TPSA) is 80.9 Å². The minimum atomic E-state index is -0.330. The molecule has 2 aromatic heterocycles. The normalized spacial score (nSPS) is 13.6. The molecule has 1 aliphatic heterocycles. The molecule has 9 heteroatoms. The van der Waals surface area contributed by atoms with E-state index in [9.17, 15) is 9.59 Å². The Bertz CT molecular complexity index is 1510. The fraction of sp³-hybridized carbons (Fsp3) is 0.296. The molecule has 0 bridgehead atoms. The van der Waals surface area contributed by atoms with E-state index < -0.39 is 0 Å². The van der Waals surface area contributed by atoms with Gasteiger partial charge in [-0.25, -0.2) is 0 Å². The van der Waals surface area contributed by atoms with Crippen LogP contribution in [0.2, 0.25) is 5.02 Å². The second kappa shape index (κ2) is 9.79. The number of anilines is 1. The molecule has 1 amide bonds. The van der Waals surface area contributed by atoms with Gasteiger partial charge in [0.1, 0.15) is 11.3 Å². The summed E-state index contributed by atoms with van der Waals surface area (Å²) in [5.41, 5.74) is 5.06. The molecule has 0 aliphatic carbocycles. The maximum atomic E-state index is 13.5. The molecule has 2 aromatic carbocycles. The molecule has 0 fully saturated rings. The fourth-order valence-electron chi connectivity index (χ4n) is 4.80. The van der Waals surface area contributed by atoms with Crippen molar-refractivity contribution in [2.45, 2.75) is 39.9 Å². The zero-order chi connectivity index (χ0) is 25.4. The number of rotatable bonds is 6. The number of aryl methyl sites for hydroxylation is 2. The minimum absolute atomic E-state index is 0.179. The molecule has 0 saturated carbocycles. The zero-order valence-electron chi connectivity index (χ0n) is 20.5. The van der Waals surface area contributed by atoms with Crippen LogP contribution in [-0.4, -0.2) is 38.6 Å². The van der Waals surface area contributed by atoms with Crippen LogP contribution in [-0.2, 0) is 26.1 Å². The van der Waals surface area contributed by atoms with E-state index in [1.165, 1.54) is 10.7 Å². The van der Waals surface area contributed by atoms with Crippen molar-refractivity contribution < 1.29 is 9.53 Å². The van der Waals surface area contributed by atoms with Gasteiger partial charge < -0.3 is 14.6 Å². The van der Waals surface area contributed by atoms with E-state index in [1.54, 1.807) is 19.2 Å². The Labute approximate surface area is 214 Å². The monoisotopic (exact) mass is 505 g/mol. The van der Waals surface area contributed by atoms with Gasteiger partial charge in [0.25, 0.3) is 11.5 Å². The molecule has 0 radical (unpaired) electrons. The number of nitrogens with zero attached hydrogens (tertiary/aromatic N) is 4. The van der Waals surface area contributed by atoms with Gasteiger partial charge in [0.05, 0.1) is 18.9 Å². The summed E-state index contributed by atoms with van der Waals surface area (Å²) in [6.07, 6.45) is 2.18. The van der Waals surface area contributed by atoms with E-state index in [2.05, 4.69) is 15.3 Å². The SMILES string of the molecule is CCn1c2c(c(=O)n3ncc(C(=O)Nc4ccc(C)c(Cl)c4)c13)CN(Cc1ccc(OC)cc1)CC2. The summed E-state index contributed by atoms with van der Waals surface area (Å²) in [6.45, 7) is 6.61. The lowest BCUT2D eigenvalue weighted by Gasteiger charge is -2.30. The van der Waals surface area contributed by atoms with E-state index in [1.807, 2.05) is 48.7 Å². The van der Waals surface area contributed by atoms with E-state index in [0.29, 0.717) is 41.4 Å². The first-order chi connectivity index (χ1) is 17.4. The number of carbonyl (C=O) groups is 1. The van der Waals surface area contributed by atoms with Gasteiger partial charge in [0.2, 0.25) is 0 Å². The first kappa shape index (κ1) is 24.1. The summed E-state index contributed by atoms with van der Waals surface area (Å²) in [5, 5.41) is 7.79. The average Bonchev–Trinajstić information content (AvgIpc) is 3.33. The van der Waals surface area contributed by atoms with Gasteiger partial charge in [-0.05, 0) is 49.2 Å². The molecule has 8 nitrogen and oxygen atoms in total. The van der Waals surface area contributed by atoms with Crippen molar-refractivity contribution >= 4 is 28.8 Å². The summed E-state index contributed by atoms with van der Waals surface area (Å²) in [7, 11) is 1.65. The molecule has 1 N–H and O–H groups in total. The summed E-state index contributed by atoms with van der Waals surface area (Å²) < 4.78 is 8.65. The highest BCUT2D eigenvalue weighted by atomic mass is 35.5. The van der Waals surface area contributed by atoms with E-state index >= 15 is 0 Å². The molecular weight excluding hydrogens is 478 g/mol. The number of ether oxygens (including phenoxy) is 1. The van der Waals surface area contributed by atoms with Crippen molar-refractivity contribution in [2.24, 2.45) is 0 Å². The maximum Gasteiger partial charge on any atom is 0.279 e. The highest BCUT2D eigenvalue weighted by molar-refractivity contribution is 6.31. The number of nitrogens with one attached hydrogen (secondary N) is 1. The van der Waals surface area contributed by atoms with Crippen molar-refractivity contribution in [1.29, 1.82) is 0 Å². The van der Waals surface area contributed by atoms with Gasteiger partial charge in [-0.15, -0.1) is 0 Å². The standard InChI is InChI=1S/C27H28ClN5O3/c1-4-32-24-11-12-31(15-18-6-9-20(36-3)10-7-18)16-22(24)27(35)33-26(32)21(14-29-33)25(34)30-19-8-5-17(2)23(28)13-19/h5-10,13-14H,4,11-12,15-16H2,1-3H3,(H,30,34). The van der Waals surface area contributed by atoms with Crippen molar-refractivity contribution in [3.63, 3.8) is 0 Å². The molecule has 4 aromatic rings. The van der Waals surface area contributed by atoms with Gasteiger partial charge >= 0.3 is 0 Å². The zero-order valence-corrected chi connectivity index (χ0v) is 21.3. The maximum absolute atomic E-state index is 13.5. The molecule has 1 aliphatic rings. The fourth-order valence-corrected chi connectivity index (χ4v) is 4.98. The summed E-state index contributed by atoms with van der Waals surface area (Å²) >= 11 is 6.22. The quantitative estimate of drug-likeness (QED) is 0.422. The minimum Gasteiger partial charge on any atom is -0.497 e. The third-order valence-electron chi connectivity index (χ3n) is 6.73. The first-order valence-electron chi connectivity index (χ1n) is 11.9. The number of amides is 1. The van der Waals surface area contributed by atoms with Crippen LogP contribution < -0.4 is 15.6 Å². The predicted molar refractivity (Wildman–Crippen MR) is 140 cm³/mol. The third-order valence-corrected chi connectivity index (χ3v) is 7.13. The Morgan fingerprint density at radius 2 is 1.97 bits per heavy atom. The predicted octanol–water partition coefficient (Wildman–Crippen LogP) is 4.30. The molecule has 186 valence electrons. The third kappa shape index (κ3) is 4.38. The average molecular weight is 506 g/mol. The van der Waals surface area contributed by atoms with Crippen LogP contribution in [0, 0.1) is 6.92 Å². The van der Waals surface area contributed by atoms with Crippen LogP contribution in [0.4, 0.5) is 5.69 Å². The van der Waals surface area contributed by atoms with E-state index in [0.717, 1.165) is 41.2 Å². The number of hydrogen-bond donors (Lipinski definition) is 1. The summed E-state index contributed by atoms with van der Waals surface area (Å²) in [6, 6.07) is 13.3. The number of carbonyl (C=O) groups excluding carboxylic acids is 1. The van der Waals surface area contributed by atoms with Gasteiger partial charge in [0.15, 0.2) is 5.65 Å². The Hall–Kier alpha value is -3.62. The number of methoxy groups -OCH3 is 1. The molecule has 5 rings (SSSR count). The highest BCUT2D eigenvalue weighted by Crippen LogP contribution is 2.24. The van der Waals surface area contributed by atoms with E-state index in [4.69, 9.17) is 16.3 Å². The van der Waals surface area contributed by atoms with Gasteiger partial charge in [-0.3, -0.25) is 14.5 Å². The Morgan fingerprint density at radius 1 is 1.19 bits per heavy atom. The molecule has 0 spiro atoms. The lowest BCUT2D eigenvalue weighted by Crippen LogP contribution is -2.38. The Morgan fingerprint density at radius 3 is 2.67 bits per heavy atom.